The normalized spacial score (nSPS) is 12.8. The molecule has 0 atom stereocenters. The van der Waals surface area contributed by atoms with Gasteiger partial charge >= 0.3 is 169 Å². The van der Waals surface area contributed by atoms with Crippen LogP contribution in [0.3, 0.4) is 0 Å². The molecule has 0 fully saturated rings. The fourth-order valence-corrected chi connectivity index (χ4v) is 27.1. The van der Waals surface area contributed by atoms with Gasteiger partial charge in [0.1, 0.15) is 0 Å². The first-order valence-electron chi connectivity index (χ1n) is 9.64. The maximum absolute atomic E-state index is 7.54. The zero-order valence-electron chi connectivity index (χ0n) is 17.1. The van der Waals surface area contributed by atoms with E-state index >= 15 is 0 Å². The molecule has 0 saturated carbocycles. The molecule has 3 aromatic rings. The van der Waals surface area contributed by atoms with Gasteiger partial charge in [-0.15, -0.1) is 0 Å². The van der Waals surface area contributed by atoms with Crippen molar-refractivity contribution in [2.75, 3.05) is 0 Å². The van der Waals surface area contributed by atoms with Crippen LogP contribution in [0, 0.1) is 0 Å². The Bertz CT molecular complexity index is 762. The zero-order valence-corrected chi connectivity index (χ0v) is 21.2. The van der Waals surface area contributed by atoms with Crippen LogP contribution in [0.5, 0.6) is 0 Å². The van der Waals surface area contributed by atoms with Crippen molar-refractivity contribution in [3.63, 3.8) is 0 Å². The fourth-order valence-electron chi connectivity index (χ4n) is 3.23. The summed E-state index contributed by atoms with van der Waals surface area (Å²) in [6.07, 6.45) is 0. The molecule has 140 valence electrons. The van der Waals surface area contributed by atoms with Gasteiger partial charge in [-0.3, -0.25) is 0 Å². The molecule has 0 saturated heterocycles. The van der Waals surface area contributed by atoms with Gasteiger partial charge < -0.3 is 0 Å². The van der Waals surface area contributed by atoms with Crippen LogP contribution in [0.2, 0.25) is 32.7 Å². The predicted molar refractivity (Wildman–Crippen MR) is 126 cm³/mol. The Balaban J connectivity index is 2.33. The van der Waals surface area contributed by atoms with Crippen LogP contribution in [-0.4, -0.2) is 29.0 Å². The molecular formula is C23H30GeOSi2. The van der Waals surface area contributed by atoms with E-state index in [1.165, 1.54) is 13.2 Å². The van der Waals surface area contributed by atoms with Crippen molar-refractivity contribution in [2.24, 2.45) is 0 Å². The average molecular weight is 451 g/mol. The van der Waals surface area contributed by atoms with Gasteiger partial charge in [0.05, 0.1) is 0 Å². The van der Waals surface area contributed by atoms with Crippen molar-refractivity contribution in [3.8, 4) is 0 Å². The minimum absolute atomic E-state index is 1.38. The predicted octanol–water partition coefficient (Wildman–Crippen LogP) is 4.29. The van der Waals surface area contributed by atoms with Gasteiger partial charge in [-0.2, -0.15) is 0 Å². The minimum atomic E-state index is -3.27. The Morgan fingerprint density at radius 1 is 0.519 bits per heavy atom. The number of rotatable bonds is 6. The number of hydrogen-bond acceptors (Lipinski definition) is 1. The summed E-state index contributed by atoms with van der Waals surface area (Å²) in [6, 6.07) is 33.0. The van der Waals surface area contributed by atoms with E-state index in [4.69, 9.17) is 3.45 Å². The molecule has 0 aliphatic rings. The van der Waals surface area contributed by atoms with Gasteiger partial charge in [0, 0.05) is 0 Å². The van der Waals surface area contributed by atoms with Crippen molar-refractivity contribution in [2.45, 2.75) is 32.7 Å². The summed E-state index contributed by atoms with van der Waals surface area (Å²) in [5.41, 5.74) is 0. The van der Waals surface area contributed by atoms with E-state index in [0.717, 1.165) is 0 Å². The molecular weight excluding hydrogens is 421 g/mol. The SMILES string of the molecule is C[Si](C)(C)[Si](C)(C)[O][Ge]([c]1ccccc1)([c]1ccccc1)[c]1ccccc1. The number of hydrogen-bond donors (Lipinski definition) is 0. The van der Waals surface area contributed by atoms with Gasteiger partial charge in [-0.25, -0.2) is 0 Å². The van der Waals surface area contributed by atoms with Gasteiger partial charge in [-0.1, -0.05) is 0 Å². The molecule has 0 aromatic heterocycles. The van der Waals surface area contributed by atoms with Gasteiger partial charge in [-0.05, 0) is 0 Å². The third-order valence-electron chi connectivity index (χ3n) is 5.76. The summed E-state index contributed by atoms with van der Waals surface area (Å²) >= 11 is -3.27. The van der Waals surface area contributed by atoms with Crippen molar-refractivity contribution in [1.82, 2.24) is 0 Å². The molecule has 0 spiro atoms. The summed E-state index contributed by atoms with van der Waals surface area (Å²) in [5.74, 6) is 0. The van der Waals surface area contributed by atoms with Crippen molar-refractivity contribution in [3.05, 3.63) is 91.0 Å². The summed E-state index contributed by atoms with van der Waals surface area (Å²) in [6.45, 7) is 12.3. The summed E-state index contributed by atoms with van der Waals surface area (Å²) < 4.78 is 11.7. The second kappa shape index (κ2) is 7.92. The molecule has 0 amide bonds. The molecule has 0 bridgehead atoms. The first-order chi connectivity index (χ1) is 12.8. The zero-order chi connectivity index (χ0) is 19.5. The van der Waals surface area contributed by atoms with Gasteiger partial charge in [0.25, 0.3) is 0 Å². The van der Waals surface area contributed by atoms with E-state index < -0.39 is 29.0 Å². The number of benzene rings is 3. The van der Waals surface area contributed by atoms with Crippen LogP contribution >= 0.6 is 0 Å². The Hall–Kier alpha value is -1.40. The summed E-state index contributed by atoms with van der Waals surface area (Å²) in [7, 11) is -3.30. The van der Waals surface area contributed by atoms with Crippen molar-refractivity contribution >= 4 is 42.2 Å². The summed E-state index contributed by atoms with van der Waals surface area (Å²) in [5, 5.41) is 0. The molecule has 3 rings (SSSR count). The third-order valence-corrected chi connectivity index (χ3v) is 35.0. The van der Waals surface area contributed by atoms with Crippen LogP contribution in [0.4, 0.5) is 0 Å². The first kappa shape index (κ1) is 20.3. The van der Waals surface area contributed by atoms with E-state index in [0.29, 0.717) is 0 Å². The molecule has 0 radical (unpaired) electrons. The Labute approximate surface area is 169 Å². The third kappa shape index (κ3) is 4.06. The van der Waals surface area contributed by atoms with E-state index in [1.54, 1.807) is 0 Å². The Morgan fingerprint density at radius 3 is 1.07 bits per heavy atom. The second-order valence-electron chi connectivity index (χ2n) is 8.64. The van der Waals surface area contributed by atoms with Crippen LogP contribution in [0.1, 0.15) is 0 Å². The van der Waals surface area contributed by atoms with Crippen LogP contribution < -0.4 is 13.2 Å². The van der Waals surface area contributed by atoms with Crippen molar-refractivity contribution < 1.29 is 3.45 Å². The monoisotopic (exact) mass is 452 g/mol. The molecule has 0 N–H and O–H groups in total. The van der Waals surface area contributed by atoms with E-state index in [1.807, 2.05) is 0 Å². The molecule has 3 aromatic carbocycles. The molecule has 4 heteroatoms. The molecule has 0 aliphatic heterocycles. The van der Waals surface area contributed by atoms with E-state index in [9.17, 15) is 0 Å². The van der Waals surface area contributed by atoms with Gasteiger partial charge in [0.2, 0.25) is 0 Å². The standard InChI is InChI=1S/C23H30GeOSi2/c1-26(2,3)27(4,5)25-24(21-15-9-6-10-16-21,22-17-11-7-12-18-22)23-19-13-8-14-20-23/h6-20H,1-5H3. The van der Waals surface area contributed by atoms with Crippen LogP contribution in [0.15, 0.2) is 91.0 Å². The fraction of sp³-hybridized carbons (Fsp3) is 0.217. The Kier molecular flexibility index (Phi) is 5.96. The average Bonchev–Trinajstić information content (AvgIpc) is 2.67. The second-order valence-corrected chi connectivity index (χ2v) is 32.3. The van der Waals surface area contributed by atoms with E-state index in [2.05, 4.69) is 124 Å². The molecule has 0 aliphatic carbocycles. The maximum atomic E-state index is 7.54. The van der Waals surface area contributed by atoms with Gasteiger partial charge in [0.15, 0.2) is 0 Å². The molecule has 27 heavy (non-hydrogen) atoms. The van der Waals surface area contributed by atoms with E-state index in [-0.39, 0.29) is 0 Å². The Morgan fingerprint density at radius 2 is 0.815 bits per heavy atom. The van der Waals surface area contributed by atoms with Crippen LogP contribution in [-0.2, 0) is 3.45 Å². The van der Waals surface area contributed by atoms with Crippen LogP contribution in [0.25, 0.3) is 0 Å². The first-order valence-corrected chi connectivity index (χ1v) is 21.1. The summed E-state index contributed by atoms with van der Waals surface area (Å²) in [4.78, 5) is 0. The molecule has 0 unspecified atom stereocenters. The molecule has 0 heterocycles. The van der Waals surface area contributed by atoms with Crippen molar-refractivity contribution in [1.29, 1.82) is 0 Å². The molecule has 1 nitrogen and oxygen atoms in total. The quantitative estimate of drug-likeness (QED) is 0.509. The topological polar surface area (TPSA) is 9.23 Å².